The maximum absolute atomic E-state index is 12.2. The molecule has 0 aromatic carbocycles. The molecule has 0 bridgehead atoms. The third kappa shape index (κ3) is 4.36. The van der Waals surface area contributed by atoms with Crippen molar-refractivity contribution in [2.45, 2.75) is 40.0 Å². The molecular formula is C15H30N2O. The quantitative estimate of drug-likeness (QED) is 0.696. The Morgan fingerprint density at radius 2 is 1.94 bits per heavy atom. The van der Waals surface area contributed by atoms with Gasteiger partial charge < -0.3 is 9.80 Å². The standard InChI is InChI=1S/C15H30N2O/c1-6-17(11-7-10-16(4)5)12-13-8-9-15(2,3)14(13)18/h13H,6-12H2,1-5H3. The second-order valence-corrected chi connectivity index (χ2v) is 6.53. The second-order valence-electron chi connectivity index (χ2n) is 6.53. The molecule has 0 saturated heterocycles. The van der Waals surface area contributed by atoms with Gasteiger partial charge in [0, 0.05) is 17.9 Å². The van der Waals surface area contributed by atoms with Crippen LogP contribution in [0.1, 0.15) is 40.0 Å². The van der Waals surface area contributed by atoms with Crippen molar-refractivity contribution >= 4 is 5.78 Å². The fraction of sp³-hybridized carbons (Fsp3) is 0.933. The Bertz CT molecular complexity index is 274. The molecule has 0 heterocycles. The molecule has 0 radical (unpaired) electrons. The van der Waals surface area contributed by atoms with Crippen LogP contribution < -0.4 is 0 Å². The number of hydrogen-bond donors (Lipinski definition) is 0. The molecule has 3 heteroatoms. The predicted molar refractivity (Wildman–Crippen MR) is 76.8 cm³/mol. The van der Waals surface area contributed by atoms with Crippen molar-refractivity contribution in [2.75, 3.05) is 40.3 Å². The molecule has 18 heavy (non-hydrogen) atoms. The number of nitrogens with zero attached hydrogens (tertiary/aromatic N) is 2. The van der Waals surface area contributed by atoms with Crippen LogP contribution in [0.5, 0.6) is 0 Å². The molecule has 0 spiro atoms. The van der Waals surface area contributed by atoms with Crippen molar-refractivity contribution in [3.05, 3.63) is 0 Å². The van der Waals surface area contributed by atoms with E-state index in [0.29, 0.717) is 5.78 Å². The molecule has 0 aliphatic heterocycles. The molecule has 1 aliphatic carbocycles. The zero-order chi connectivity index (χ0) is 13.8. The highest BCUT2D eigenvalue weighted by molar-refractivity contribution is 5.88. The molecule has 1 saturated carbocycles. The number of Topliss-reactive ketones (excluding diaryl/α,β-unsaturated/α-hetero) is 1. The Labute approximate surface area is 113 Å². The first-order valence-corrected chi connectivity index (χ1v) is 7.28. The lowest BCUT2D eigenvalue weighted by atomic mass is 9.89. The van der Waals surface area contributed by atoms with Gasteiger partial charge in [-0.05, 0) is 53.0 Å². The maximum Gasteiger partial charge on any atom is 0.142 e. The largest absolute Gasteiger partial charge is 0.309 e. The van der Waals surface area contributed by atoms with Crippen molar-refractivity contribution in [3.8, 4) is 0 Å². The summed E-state index contributed by atoms with van der Waals surface area (Å²) in [5, 5.41) is 0. The summed E-state index contributed by atoms with van der Waals surface area (Å²) in [7, 11) is 4.22. The minimum atomic E-state index is -0.0757. The molecule has 1 fully saturated rings. The summed E-state index contributed by atoms with van der Waals surface area (Å²) in [6, 6.07) is 0. The summed E-state index contributed by atoms with van der Waals surface area (Å²) < 4.78 is 0. The van der Waals surface area contributed by atoms with E-state index in [1.54, 1.807) is 0 Å². The van der Waals surface area contributed by atoms with Crippen LogP contribution >= 0.6 is 0 Å². The molecule has 3 nitrogen and oxygen atoms in total. The highest BCUT2D eigenvalue weighted by Gasteiger charge is 2.40. The van der Waals surface area contributed by atoms with Gasteiger partial charge in [0.05, 0.1) is 0 Å². The summed E-state index contributed by atoms with van der Waals surface area (Å²) >= 11 is 0. The summed E-state index contributed by atoms with van der Waals surface area (Å²) in [4.78, 5) is 16.9. The third-order valence-electron chi connectivity index (χ3n) is 4.16. The van der Waals surface area contributed by atoms with Crippen molar-refractivity contribution in [1.29, 1.82) is 0 Å². The molecule has 1 rings (SSSR count). The Kier molecular flexibility index (Phi) is 5.80. The zero-order valence-corrected chi connectivity index (χ0v) is 12.8. The van der Waals surface area contributed by atoms with Gasteiger partial charge in [0.1, 0.15) is 5.78 Å². The fourth-order valence-electron chi connectivity index (χ4n) is 2.82. The van der Waals surface area contributed by atoms with Crippen LogP contribution in [0.4, 0.5) is 0 Å². The first-order chi connectivity index (χ1) is 8.36. The lowest BCUT2D eigenvalue weighted by molar-refractivity contribution is -0.127. The Morgan fingerprint density at radius 1 is 1.28 bits per heavy atom. The summed E-state index contributed by atoms with van der Waals surface area (Å²) in [5.74, 6) is 0.757. The van der Waals surface area contributed by atoms with E-state index in [1.165, 1.54) is 6.42 Å². The van der Waals surface area contributed by atoms with Gasteiger partial charge in [0.2, 0.25) is 0 Å². The third-order valence-corrected chi connectivity index (χ3v) is 4.16. The van der Waals surface area contributed by atoms with E-state index in [-0.39, 0.29) is 11.3 Å². The average Bonchev–Trinajstić information content (AvgIpc) is 2.54. The predicted octanol–water partition coefficient (Wildman–Crippen LogP) is 2.27. The van der Waals surface area contributed by atoms with E-state index < -0.39 is 0 Å². The van der Waals surface area contributed by atoms with Gasteiger partial charge in [0.25, 0.3) is 0 Å². The summed E-state index contributed by atoms with van der Waals surface area (Å²) in [6.07, 6.45) is 3.33. The monoisotopic (exact) mass is 254 g/mol. The zero-order valence-electron chi connectivity index (χ0n) is 12.8. The number of carbonyl (C=O) groups is 1. The molecule has 1 atom stereocenters. The van der Waals surface area contributed by atoms with E-state index in [4.69, 9.17) is 0 Å². The van der Waals surface area contributed by atoms with Crippen LogP contribution in [0.2, 0.25) is 0 Å². The molecule has 1 aliphatic rings. The van der Waals surface area contributed by atoms with Gasteiger partial charge in [-0.3, -0.25) is 4.79 Å². The van der Waals surface area contributed by atoms with Crippen LogP contribution in [-0.2, 0) is 4.79 Å². The first-order valence-electron chi connectivity index (χ1n) is 7.28. The first kappa shape index (κ1) is 15.6. The number of hydrogen-bond acceptors (Lipinski definition) is 3. The summed E-state index contributed by atoms with van der Waals surface area (Å²) in [5.41, 5.74) is -0.0757. The van der Waals surface area contributed by atoms with Crippen LogP contribution in [0.15, 0.2) is 0 Å². The van der Waals surface area contributed by atoms with Gasteiger partial charge in [-0.25, -0.2) is 0 Å². The van der Waals surface area contributed by atoms with Gasteiger partial charge in [-0.15, -0.1) is 0 Å². The van der Waals surface area contributed by atoms with Crippen molar-refractivity contribution < 1.29 is 4.79 Å². The molecule has 106 valence electrons. The van der Waals surface area contributed by atoms with Crippen LogP contribution in [0.3, 0.4) is 0 Å². The van der Waals surface area contributed by atoms with Gasteiger partial charge in [-0.2, -0.15) is 0 Å². The smallest absolute Gasteiger partial charge is 0.142 e. The average molecular weight is 254 g/mol. The maximum atomic E-state index is 12.2. The Hall–Kier alpha value is -0.410. The van der Waals surface area contributed by atoms with E-state index in [2.05, 4.69) is 44.7 Å². The lowest BCUT2D eigenvalue weighted by Crippen LogP contribution is -2.35. The molecule has 1 unspecified atom stereocenters. The van der Waals surface area contributed by atoms with Gasteiger partial charge in [-0.1, -0.05) is 20.8 Å². The number of rotatable bonds is 7. The molecule has 0 aromatic heterocycles. The van der Waals surface area contributed by atoms with Crippen LogP contribution in [0, 0.1) is 11.3 Å². The molecule has 0 N–H and O–H groups in total. The minimum Gasteiger partial charge on any atom is -0.309 e. The van der Waals surface area contributed by atoms with Gasteiger partial charge in [0.15, 0.2) is 0 Å². The van der Waals surface area contributed by atoms with Crippen LogP contribution in [0.25, 0.3) is 0 Å². The van der Waals surface area contributed by atoms with Crippen molar-refractivity contribution in [3.63, 3.8) is 0 Å². The Morgan fingerprint density at radius 3 is 2.39 bits per heavy atom. The number of carbonyl (C=O) groups excluding carboxylic acids is 1. The topological polar surface area (TPSA) is 23.6 Å². The van der Waals surface area contributed by atoms with E-state index >= 15 is 0 Å². The van der Waals surface area contributed by atoms with E-state index in [9.17, 15) is 4.79 Å². The molecular weight excluding hydrogens is 224 g/mol. The van der Waals surface area contributed by atoms with E-state index in [1.807, 2.05) is 0 Å². The van der Waals surface area contributed by atoms with Gasteiger partial charge >= 0.3 is 0 Å². The highest BCUT2D eigenvalue weighted by Crippen LogP contribution is 2.37. The Balaban J connectivity index is 2.37. The van der Waals surface area contributed by atoms with E-state index in [0.717, 1.165) is 39.0 Å². The van der Waals surface area contributed by atoms with Crippen molar-refractivity contribution in [2.24, 2.45) is 11.3 Å². The summed E-state index contributed by atoms with van der Waals surface area (Å²) in [6.45, 7) is 10.6. The van der Waals surface area contributed by atoms with Crippen molar-refractivity contribution in [1.82, 2.24) is 9.80 Å². The second kappa shape index (κ2) is 6.67. The minimum absolute atomic E-state index is 0.0757. The normalized spacial score (nSPS) is 23.3. The SMILES string of the molecule is CCN(CCCN(C)C)CC1CCC(C)(C)C1=O. The molecule has 0 aromatic rings. The lowest BCUT2D eigenvalue weighted by Gasteiger charge is -2.25. The highest BCUT2D eigenvalue weighted by atomic mass is 16.1. The fourth-order valence-corrected chi connectivity index (χ4v) is 2.82. The number of ketones is 1. The van der Waals surface area contributed by atoms with Crippen LogP contribution in [-0.4, -0.2) is 55.9 Å². The molecule has 0 amide bonds.